The number of amides is 1. The number of rotatable bonds is 6. The third-order valence-electron chi connectivity index (χ3n) is 4.15. The summed E-state index contributed by atoms with van der Waals surface area (Å²) < 4.78 is 7.66. The van der Waals surface area contributed by atoms with Crippen LogP contribution in [-0.2, 0) is 11.4 Å². The molecule has 0 saturated carbocycles. The number of nitrogens with zero attached hydrogens (tertiary/aromatic N) is 1. The first-order valence-corrected chi connectivity index (χ1v) is 12.3. The number of carbonyl (C=O) groups excluding carboxylic acids is 1. The van der Waals surface area contributed by atoms with E-state index < -0.39 is 5.91 Å². The molecular weight excluding hydrogens is 696 g/mol. The third-order valence-corrected chi connectivity index (χ3v) is 6.72. The lowest BCUT2D eigenvalue weighted by Crippen LogP contribution is -2.13. The van der Waals surface area contributed by atoms with Crippen LogP contribution < -0.4 is 10.1 Å². The first-order valence-electron chi connectivity index (χ1n) is 9.01. The molecule has 4 nitrogen and oxygen atoms in total. The normalized spacial score (nSPS) is 11.1. The zero-order valence-corrected chi connectivity index (χ0v) is 22.7. The highest BCUT2D eigenvalue weighted by atomic mass is 127. The maximum absolute atomic E-state index is 12.5. The van der Waals surface area contributed by atoms with Crippen LogP contribution in [0.15, 0.2) is 60.2 Å². The fraction of sp³-hybridized carbons (Fsp3) is 0.0435. The molecule has 0 aliphatic rings. The molecule has 3 aromatic rings. The van der Waals surface area contributed by atoms with Gasteiger partial charge in [-0.05, 0) is 105 Å². The molecule has 0 aromatic heterocycles. The predicted molar refractivity (Wildman–Crippen MR) is 146 cm³/mol. The lowest BCUT2D eigenvalue weighted by molar-refractivity contribution is -0.112. The van der Waals surface area contributed by atoms with Crippen LogP contribution in [0.5, 0.6) is 5.75 Å². The summed E-state index contributed by atoms with van der Waals surface area (Å²) in [6.45, 7) is 0.323. The first-order chi connectivity index (χ1) is 15.3. The van der Waals surface area contributed by atoms with Gasteiger partial charge in [0.15, 0.2) is 0 Å². The molecule has 32 heavy (non-hydrogen) atoms. The third kappa shape index (κ3) is 6.75. The van der Waals surface area contributed by atoms with Gasteiger partial charge >= 0.3 is 0 Å². The van der Waals surface area contributed by atoms with Crippen LogP contribution in [0.4, 0.5) is 5.69 Å². The molecule has 0 bridgehead atoms. The standard InChI is InChI=1S/C23H13Cl3I2N2O2/c24-16-2-1-3-17(10-16)30-23(31)15(11-29)6-14-8-20(27)22(21(28)9-14)32-12-13-4-5-18(25)19(26)7-13/h1-10H,12H2,(H,30,31)/b15-6+. The van der Waals surface area contributed by atoms with Crippen molar-refractivity contribution in [3.8, 4) is 11.8 Å². The lowest BCUT2D eigenvalue weighted by atomic mass is 10.1. The van der Waals surface area contributed by atoms with E-state index in [9.17, 15) is 10.1 Å². The number of hydrogen-bond donors (Lipinski definition) is 1. The van der Waals surface area contributed by atoms with Crippen molar-refractivity contribution in [2.45, 2.75) is 6.61 Å². The molecule has 0 fully saturated rings. The maximum atomic E-state index is 12.5. The molecule has 0 atom stereocenters. The molecule has 0 radical (unpaired) electrons. The van der Waals surface area contributed by atoms with E-state index in [1.165, 1.54) is 6.08 Å². The van der Waals surface area contributed by atoms with Gasteiger partial charge in [0.2, 0.25) is 0 Å². The van der Waals surface area contributed by atoms with Crippen molar-refractivity contribution in [2.75, 3.05) is 5.32 Å². The SMILES string of the molecule is N#C/C(=C\c1cc(I)c(OCc2ccc(Cl)c(Cl)c2)c(I)c1)C(=O)Nc1cccc(Cl)c1. The van der Waals surface area contributed by atoms with E-state index in [4.69, 9.17) is 39.5 Å². The summed E-state index contributed by atoms with van der Waals surface area (Å²) >= 11 is 22.3. The largest absolute Gasteiger partial charge is 0.487 e. The molecule has 162 valence electrons. The Morgan fingerprint density at radius 1 is 1.03 bits per heavy atom. The van der Waals surface area contributed by atoms with Gasteiger partial charge in [0.05, 0.1) is 17.2 Å². The molecule has 1 amide bonds. The highest BCUT2D eigenvalue weighted by Crippen LogP contribution is 2.31. The van der Waals surface area contributed by atoms with Gasteiger partial charge < -0.3 is 10.1 Å². The minimum Gasteiger partial charge on any atom is -0.487 e. The topological polar surface area (TPSA) is 62.1 Å². The van der Waals surface area contributed by atoms with Crippen molar-refractivity contribution < 1.29 is 9.53 Å². The highest BCUT2D eigenvalue weighted by Gasteiger charge is 2.13. The molecule has 0 aliphatic carbocycles. The van der Waals surface area contributed by atoms with E-state index in [2.05, 4.69) is 50.5 Å². The van der Waals surface area contributed by atoms with Crippen LogP contribution in [0, 0.1) is 18.5 Å². The van der Waals surface area contributed by atoms with Crippen LogP contribution in [-0.4, -0.2) is 5.91 Å². The van der Waals surface area contributed by atoms with E-state index in [0.29, 0.717) is 38.7 Å². The Morgan fingerprint density at radius 3 is 2.38 bits per heavy atom. The summed E-state index contributed by atoms with van der Waals surface area (Å²) in [6.07, 6.45) is 1.53. The predicted octanol–water partition coefficient (Wildman–Crippen LogP) is 7.98. The number of benzene rings is 3. The Hall–Kier alpha value is -1.51. The van der Waals surface area contributed by atoms with Gasteiger partial charge in [-0.15, -0.1) is 0 Å². The monoisotopic (exact) mass is 708 g/mol. The minimum absolute atomic E-state index is 0.0268. The molecule has 0 spiro atoms. The second-order valence-electron chi connectivity index (χ2n) is 6.49. The second kappa shape index (κ2) is 11.6. The average molecular weight is 710 g/mol. The van der Waals surface area contributed by atoms with E-state index in [1.807, 2.05) is 24.3 Å². The van der Waals surface area contributed by atoms with Gasteiger partial charge in [-0.25, -0.2) is 0 Å². The summed E-state index contributed by atoms with van der Waals surface area (Å²) in [5.74, 6) is 0.191. The van der Waals surface area contributed by atoms with Crippen LogP contribution in [0.2, 0.25) is 15.1 Å². The van der Waals surface area contributed by atoms with Gasteiger partial charge in [-0.2, -0.15) is 5.26 Å². The van der Waals surface area contributed by atoms with Gasteiger partial charge in [0.25, 0.3) is 5.91 Å². The molecule has 9 heteroatoms. The van der Waals surface area contributed by atoms with Crippen LogP contribution in [0.1, 0.15) is 11.1 Å². The van der Waals surface area contributed by atoms with E-state index in [-0.39, 0.29) is 5.57 Å². The maximum Gasteiger partial charge on any atom is 0.266 e. The molecule has 0 unspecified atom stereocenters. The van der Waals surface area contributed by atoms with Crippen molar-refractivity contribution in [2.24, 2.45) is 0 Å². The first kappa shape index (κ1) is 25.1. The summed E-state index contributed by atoms with van der Waals surface area (Å²) in [7, 11) is 0. The number of ether oxygens (including phenoxy) is 1. The van der Waals surface area contributed by atoms with Gasteiger partial charge in [0, 0.05) is 10.7 Å². The Kier molecular flexibility index (Phi) is 9.08. The number of hydrogen-bond acceptors (Lipinski definition) is 3. The van der Waals surface area contributed by atoms with E-state index >= 15 is 0 Å². The minimum atomic E-state index is -0.514. The summed E-state index contributed by atoms with van der Waals surface area (Å²) in [4.78, 5) is 12.5. The van der Waals surface area contributed by atoms with Gasteiger partial charge in [-0.3, -0.25) is 4.79 Å². The van der Waals surface area contributed by atoms with Crippen molar-refractivity contribution in [1.29, 1.82) is 5.26 Å². The fourth-order valence-corrected chi connectivity index (χ4v) is 5.30. The number of nitriles is 1. The second-order valence-corrected chi connectivity index (χ2v) is 10.1. The number of halogens is 5. The Bertz CT molecular complexity index is 1230. The summed E-state index contributed by atoms with van der Waals surface area (Å²) in [5, 5.41) is 13.6. The number of carbonyl (C=O) groups is 1. The smallest absolute Gasteiger partial charge is 0.266 e. The van der Waals surface area contributed by atoms with Crippen LogP contribution in [0.3, 0.4) is 0 Å². The molecule has 0 saturated heterocycles. The number of anilines is 1. The van der Waals surface area contributed by atoms with Gasteiger partial charge in [0.1, 0.15) is 24.0 Å². The van der Waals surface area contributed by atoms with Crippen LogP contribution >= 0.6 is 80.0 Å². The average Bonchev–Trinajstić information content (AvgIpc) is 2.73. The summed E-state index contributed by atoms with van der Waals surface area (Å²) in [6, 6.07) is 17.7. The Balaban J connectivity index is 1.77. The molecule has 0 aliphatic heterocycles. The zero-order chi connectivity index (χ0) is 23.3. The highest BCUT2D eigenvalue weighted by molar-refractivity contribution is 14.1. The Morgan fingerprint density at radius 2 is 1.75 bits per heavy atom. The zero-order valence-electron chi connectivity index (χ0n) is 16.1. The molecule has 3 aromatic carbocycles. The van der Waals surface area contributed by atoms with Crippen molar-refractivity contribution in [3.05, 3.63) is 93.5 Å². The molecular formula is C23H13Cl3I2N2O2. The van der Waals surface area contributed by atoms with Crippen molar-refractivity contribution >= 4 is 97.7 Å². The molecule has 1 N–H and O–H groups in total. The van der Waals surface area contributed by atoms with E-state index in [1.54, 1.807) is 36.4 Å². The van der Waals surface area contributed by atoms with E-state index in [0.717, 1.165) is 12.7 Å². The molecule has 0 heterocycles. The molecule has 3 rings (SSSR count). The van der Waals surface area contributed by atoms with Crippen molar-refractivity contribution in [3.63, 3.8) is 0 Å². The Labute approximate surface area is 227 Å². The quantitative estimate of drug-likeness (QED) is 0.161. The van der Waals surface area contributed by atoms with Gasteiger partial charge in [-0.1, -0.05) is 46.9 Å². The lowest BCUT2D eigenvalue weighted by Gasteiger charge is -2.12. The summed E-state index contributed by atoms with van der Waals surface area (Å²) in [5.41, 5.74) is 2.08. The van der Waals surface area contributed by atoms with Crippen LogP contribution in [0.25, 0.3) is 6.08 Å². The number of nitrogens with one attached hydrogen (secondary N) is 1. The van der Waals surface area contributed by atoms with Crippen molar-refractivity contribution in [1.82, 2.24) is 0 Å². The fourth-order valence-electron chi connectivity index (χ4n) is 2.67.